The third-order valence-electron chi connectivity index (χ3n) is 8.26. The molecule has 0 fully saturated rings. The summed E-state index contributed by atoms with van der Waals surface area (Å²) in [6.45, 7) is 0. The lowest BCUT2D eigenvalue weighted by Gasteiger charge is -2.12. The van der Waals surface area contributed by atoms with Gasteiger partial charge in [-0.15, -0.1) is 0 Å². The van der Waals surface area contributed by atoms with Gasteiger partial charge in [0, 0.05) is 16.7 Å². The monoisotopic (exact) mass is 560 g/mol. The van der Waals surface area contributed by atoms with Crippen LogP contribution in [0.5, 0.6) is 0 Å². The second-order valence-corrected chi connectivity index (χ2v) is 11.1. The highest BCUT2D eigenvalue weighted by atomic mass is 14.9. The Morgan fingerprint density at radius 1 is 0.273 bits per heavy atom. The number of hydrogen-bond donors (Lipinski definition) is 0. The Hall–Kier alpha value is -5.86. The van der Waals surface area contributed by atoms with Gasteiger partial charge in [0.25, 0.3) is 0 Å². The van der Waals surface area contributed by atoms with Crippen molar-refractivity contribution in [1.82, 2.24) is 9.97 Å². The Morgan fingerprint density at radius 2 is 0.773 bits per heavy atom. The Morgan fingerprint density at radius 3 is 1.48 bits per heavy atom. The van der Waals surface area contributed by atoms with Crippen LogP contribution in [0.15, 0.2) is 170 Å². The van der Waals surface area contributed by atoms with Crippen LogP contribution in [0, 0.1) is 0 Å². The Bertz CT molecular complexity index is 2170. The summed E-state index contributed by atoms with van der Waals surface area (Å²) in [5, 5.41) is 4.94. The van der Waals surface area contributed by atoms with Crippen LogP contribution in [-0.2, 0) is 0 Å². The maximum Gasteiger partial charge on any atom is 0.160 e. The van der Waals surface area contributed by atoms with Crippen molar-refractivity contribution in [2.45, 2.75) is 0 Å². The summed E-state index contributed by atoms with van der Waals surface area (Å²) < 4.78 is 0. The second-order valence-electron chi connectivity index (χ2n) is 11.1. The first-order valence-corrected chi connectivity index (χ1v) is 14.9. The quantitative estimate of drug-likeness (QED) is 0.196. The zero-order chi connectivity index (χ0) is 29.3. The molecule has 0 atom stereocenters. The van der Waals surface area contributed by atoms with Gasteiger partial charge in [-0.3, -0.25) is 0 Å². The molecule has 0 aliphatic carbocycles. The SMILES string of the molecule is c1ccc(-c2cccc(-c3cc(-c4ccc5c(ccc6ccccc65)c4)nc(-c4cccc(-c5ccccc5)c4)n3)c2)cc1. The van der Waals surface area contributed by atoms with Gasteiger partial charge in [-0.25, -0.2) is 9.97 Å². The van der Waals surface area contributed by atoms with Crippen LogP contribution in [0.1, 0.15) is 0 Å². The third kappa shape index (κ3) is 4.93. The van der Waals surface area contributed by atoms with Crippen molar-refractivity contribution in [3.63, 3.8) is 0 Å². The van der Waals surface area contributed by atoms with Crippen LogP contribution < -0.4 is 0 Å². The lowest BCUT2D eigenvalue weighted by molar-refractivity contribution is 1.18. The molecule has 0 saturated heterocycles. The first-order valence-electron chi connectivity index (χ1n) is 14.9. The van der Waals surface area contributed by atoms with Crippen molar-refractivity contribution in [1.29, 1.82) is 0 Å². The van der Waals surface area contributed by atoms with E-state index in [1.54, 1.807) is 0 Å². The molecule has 0 N–H and O–H groups in total. The molecule has 0 bridgehead atoms. The fourth-order valence-electron chi connectivity index (χ4n) is 6.00. The van der Waals surface area contributed by atoms with Gasteiger partial charge in [0.05, 0.1) is 11.4 Å². The molecule has 2 heteroatoms. The van der Waals surface area contributed by atoms with Crippen LogP contribution >= 0.6 is 0 Å². The fraction of sp³-hybridized carbons (Fsp3) is 0. The number of rotatable bonds is 5. The highest BCUT2D eigenvalue weighted by Crippen LogP contribution is 2.34. The van der Waals surface area contributed by atoms with Crippen molar-refractivity contribution >= 4 is 21.5 Å². The van der Waals surface area contributed by atoms with Gasteiger partial charge >= 0.3 is 0 Å². The third-order valence-corrected chi connectivity index (χ3v) is 8.26. The standard InChI is InChI=1S/C42H28N2/c1-3-11-29(12-4-1)32-16-9-18-35(25-32)40-28-41(36-23-24-39-34(27-36)22-21-31-15-7-8-20-38(31)39)44-42(43-40)37-19-10-17-33(26-37)30-13-5-2-6-14-30/h1-28H. The van der Waals surface area contributed by atoms with E-state index < -0.39 is 0 Å². The van der Waals surface area contributed by atoms with E-state index in [9.17, 15) is 0 Å². The van der Waals surface area contributed by atoms with Gasteiger partial charge in [0.15, 0.2) is 5.82 Å². The Balaban J connectivity index is 1.30. The summed E-state index contributed by atoms with van der Waals surface area (Å²) in [6, 6.07) is 59.8. The lowest BCUT2D eigenvalue weighted by Crippen LogP contribution is -1.96. The molecular formula is C42H28N2. The molecule has 8 aromatic rings. The normalized spacial score (nSPS) is 11.2. The number of nitrogens with zero attached hydrogens (tertiary/aromatic N) is 2. The molecule has 0 saturated carbocycles. The summed E-state index contributed by atoms with van der Waals surface area (Å²) in [5.41, 5.74) is 9.56. The predicted molar refractivity (Wildman–Crippen MR) is 184 cm³/mol. The lowest BCUT2D eigenvalue weighted by atomic mass is 9.98. The predicted octanol–water partition coefficient (Wildman–Crippen LogP) is 11.1. The van der Waals surface area contributed by atoms with E-state index in [1.165, 1.54) is 32.7 Å². The van der Waals surface area contributed by atoms with Gasteiger partial charge in [-0.05, 0) is 68.1 Å². The second kappa shape index (κ2) is 11.1. The van der Waals surface area contributed by atoms with Crippen LogP contribution in [-0.4, -0.2) is 9.97 Å². The molecule has 0 aliphatic rings. The maximum absolute atomic E-state index is 5.17. The number of benzene rings is 7. The van der Waals surface area contributed by atoms with E-state index in [-0.39, 0.29) is 0 Å². The minimum atomic E-state index is 0.707. The summed E-state index contributed by atoms with van der Waals surface area (Å²) >= 11 is 0. The van der Waals surface area contributed by atoms with Crippen LogP contribution in [0.2, 0.25) is 0 Å². The molecule has 44 heavy (non-hydrogen) atoms. The fourth-order valence-corrected chi connectivity index (χ4v) is 6.00. The Labute approximate surface area is 257 Å². The molecule has 8 rings (SSSR count). The Kier molecular flexibility index (Phi) is 6.51. The molecular weight excluding hydrogens is 532 g/mol. The van der Waals surface area contributed by atoms with Crippen molar-refractivity contribution in [2.24, 2.45) is 0 Å². The topological polar surface area (TPSA) is 25.8 Å². The van der Waals surface area contributed by atoms with Gasteiger partial charge < -0.3 is 0 Å². The average molecular weight is 561 g/mol. The van der Waals surface area contributed by atoms with E-state index >= 15 is 0 Å². The summed E-state index contributed by atoms with van der Waals surface area (Å²) in [6.07, 6.45) is 0. The zero-order valence-electron chi connectivity index (χ0n) is 24.1. The van der Waals surface area contributed by atoms with Crippen molar-refractivity contribution < 1.29 is 0 Å². The molecule has 2 nitrogen and oxygen atoms in total. The van der Waals surface area contributed by atoms with E-state index in [0.717, 1.165) is 39.2 Å². The minimum Gasteiger partial charge on any atom is -0.228 e. The average Bonchev–Trinajstić information content (AvgIpc) is 3.12. The molecule has 1 heterocycles. The molecule has 0 aliphatic heterocycles. The summed E-state index contributed by atoms with van der Waals surface area (Å²) in [4.78, 5) is 10.3. The molecule has 7 aromatic carbocycles. The first-order chi connectivity index (χ1) is 21.8. The van der Waals surface area contributed by atoms with E-state index in [4.69, 9.17) is 9.97 Å². The van der Waals surface area contributed by atoms with Gasteiger partial charge in [-0.2, -0.15) is 0 Å². The highest BCUT2D eigenvalue weighted by molar-refractivity contribution is 6.08. The number of hydrogen-bond acceptors (Lipinski definition) is 2. The van der Waals surface area contributed by atoms with Crippen molar-refractivity contribution in [3.05, 3.63) is 170 Å². The van der Waals surface area contributed by atoms with Gasteiger partial charge in [0.2, 0.25) is 0 Å². The highest BCUT2D eigenvalue weighted by Gasteiger charge is 2.13. The van der Waals surface area contributed by atoms with Crippen LogP contribution in [0.4, 0.5) is 0 Å². The molecule has 0 unspecified atom stereocenters. The van der Waals surface area contributed by atoms with Gasteiger partial charge in [0.1, 0.15) is 0 Å². The largest absolute Gasteiger partial charge is 0.228 e. The maximum atomic E-state index is 5.17. The van der Waals surface area contributed by atoms with Crippen molar-refractivity contribution in [3.8, 4) is 56.2 Å². The number of fused-ring (bicyclic) bond motifs is 3. The smallest absolute Gasteiger partial charge is 0.160 e. The summed E-state index contributed by atoms with van der Waals surface area (Å²) in [7, 11) is 0. The van der Waals surface area contributed by atoms with Crippen LogP contribution in [0.25, 0.3) is 77.7 Å². The number of aromatic nitrogens is 2. The minimum absolute atomic E-state index is 0.707. The van der Waals surface area contributed by atoms with Crippen LogP contribution in [0.3, 0.4) is 0 Å². The van der Waals surface area contributed by atoms with E-state index in [0.29, 0.717) is 5.82 Å². The first kappa shape index (κ1) is 25.8. The summed E-state index contributed by atoms with van der Waals surface area (Å²) in [5.74, 6) is 0.707. The molecule has 0 spiro atoms. The zero-order valence-corrected chi connectivity index (χ0v) is 24.1. The van der Waals surface area contributed by atoms with E-state index in [2.05, 4.69) is 158 Å². The molecule has 206 valence electrons. The molecule has 1 aromatic heterocycles. The van der Waals surface area contributed by atoms with E-state index in [1.807, 2.05) is 12.1 Å². The van der Waals surface area contributed by atoms with Gasteiger partial charge in [-0.1, -0.05) is 146 Å². The molecule has 0 amide bonds. The molecule has 0 radical (unpaired) electrons. The van der Waals surface area contributed by atoms with Crippen molar-refractivity contribution in [2.75, 3.05) is 0 Å².